The first kappa shape index (κ1) is 31.2. The summed E-state index contributed by atoms with van der Waals surface area (Å²) in [4.78, 5) is 14.0. The van der Waals surface area contributed by atoms with Gasteiger partial charge in [0.1, 0.15) is 11.5 Å². The number of ether oxygens (including phenoxy) is 2. The molecule has 0 spiro atoms. The number of carbonyl (C=O) groups is 1. The first-order valence-electron chi connectivity index (χ1n) is 16.9. The Morgan fingerprint density at radius 1 is 0.560 bits per heavy atom. The van der Waals surface area contributed by atoms with Crippen molar-refractivity contribution in [3.05, 3.63) is 174 Å². The topological polar surface area (TPSA) is 38.8 Å². The first-order valence-corrected chi connectivity index (χ1v) is 16.9. The van der Waals surface area contributed by atoms with Gasteiger partial charge in [0.15, 0.2) is 0 Å². The van der Waals surface area contributed by atoms with Crippen molar-refractivity contribution < 1.29 is 14.3 Å². The van der Waals surface area contributed by atoms with Crippen LogP contribution < -0.4 is 14.4 Å². The molecule has 0 aliphatic heterocycles. The maximum absolute atomic E-state index is 11.6. The molecule has 8 aromatic rings. The van der Waals surface area contributed by atoms with E-state index in [-0.39, 0.29) is 5.97 Å². The Kier molecular flexibility index (Phi) is 7.72. The number of esters is 1. The number of methoxy groups -OCH3 is 1. The van der Waals surface area contributed by atoms with Crippen LogP contribution in [-0.4, -0.2) is 13.1 Å². The van der Waals surface area contributed by atoms with E-state index >= 15 is 0 Å². The highest BCUT2D eigenvalue weighted by molar-refractivity contribution is 6.25. The molecule has 8 aromatic carbocycles. The molecular formula is C46H37NO3. The molecule has 0 aromatic heterocycles. The molecule has 0 amide bonds. The second-order valence-electron chi connectivity index (χ2n) is 13.1. The third-order valence-electron chi connectivity index (χ3n) is 10.1. The van der Waals surface area contributed by atoms with E-state index in [0.717, 1.165) is 39.5 Å². The second-order valence-corrected chi connectivity index (χ2v) is 13.1. The molecule has 0 N–H and O–H groups in total. The van der Waals surface area contributed by atoms with Crippen LogP contribution in [0.25, 0.3) is 32.3 Å². The third-order valence-corrected chi connectivity index (χ3v) is 10.1. The molecular weight excluding hydrogens is 615 g/mol. The molecule has 1 atom stereocenters. The van der Waals surface area contributed by atoms with Crippen LogP contribution in [0.5, 0.6) is 11.5 Å². The monoisotopic (exact) mass is 651 g/mol. The Labute approximate surface area is 292 Å². The van der Waals surface area contributed by atoms with Crippen molar-refractivity contribution in [2.24, 2.45) is 0 Å². The molecule has 0 fully saturated rings. The van der Waals surface area contributed by atoms with Gasteiger partial charge in [-0.3, -0.25) is 4.79 Å². The zero-order valence-corrected chi connectivity index (χ0v) is 28.6. The number of carbonyl (C=O) groups excluding carboxylic acids is 1. The van der Waals surface area contributed by atoms with Gasteiger partial charge in [-0.25, -0.2) is 0 Å². The van der Waals surface area contributed by atoms with Crippen molar-refractivity contribution in [1.29, 1.82) is 0 Å². The Morgan fingerprint density at radius 2 is 1.04 bits per heavy atom. The minimum atomic E-state index is -0.513. The number of hydrogen-bond donors (Lipinski definition) is 0. The van der Waals surface area contributed by atoms with Crippen molar-refractivity contribution in [1.82, 2.24) is 0 Å². The van der Waals surface area contributed by atoms with Crippen LogP contribution in [0.4, 0.5) is 17.1 Å². The van der Waals surface area contributed by atoms with Crippen molar-refractivity contribution in [3.63, 3.8) is 0 Å². The zero-order valence-electron chi connectivity index (χ0n) is 28.6. The largest absolute Gasteiger partial charge is 0.497 e. The minimum Gasteiger partial charge on any atom is -0.497 e. The predicted octanol–water partition coefficient (Wildman–Crippen LogP) is 11.7. The summed E-state index contributed by atoms with van der Waals surface area (Å²) in [5, 5.41) is 7.55. The maximum atomic E-state index is 11.6. The molecule has 0 aliphatic rings. The fraction of sp³-hybridized carbons (Fsp3) is 0.109. The van der Waals surface area contributed by atoms with Crippen LogP contribution in [0.2, 0.25) is 0 Å². The fourth-order valence-corrected chi connectivity index (χ4v) is 7.43. The Hall–Kier alpha value is -6.13. The van der Waals surface area contributed by atoms with Gasteiger partial charge in [-0.05, 0) is 112 Å². The van der Waals surface area contributed by atoms with E-state index in [4.69, 9.17) is 9.47 Å². The molecule has 50 heavy (non-hydrogen) atoms. The van der Waals surface area contributed by atoms with E-state index in [1.165, 1.54) is 44.8 Å². The maximum Gasteiger partial charge on any atom is 0.308 e. The molecule has 4 nitrogen and oxygen atoms in total. The second kappa shape index (κ2) is 12.4. The quantitative estimate of drug-likeness (QED) is 0.0709. The zero-order chi connectivity index (χ0) is 34.4. The number of aryl methyl sites for hydroxylation is 1. The van der Waals surface area contributed by atoms with Crippen LogP contribution in [0.1, 0.15) is 36.1 Å². The molecule has 0 saturated carbocycles. The molecule has 1 unspecified atom stereocenters. The molecule has 4 heteroatoms. The fourth-order valence-electron chi connectivity index (χ4n) is 7.43. The summed E-state index contributed by atoms with van der Waals surface area (Å²) < 4.78 is 10.9. The van der Waals surface area contributed by atoms with Crippen molar-refractivity contribution >= 4 is 55.3 Å². The SMILES string of the molecule is COc1ccc(C(C)(c2ccc(OC(C)=O)cc2)c2ccc(N(c3ccc(C)cc3)c3ccc4ccc5cccc6ccc3c4c56)cc2)cc1. The van der Waals surface area contributed by atoms with Crippen LogP contribution in [0.3, 0.4) is 0 Å². The molecule has 0 aliphatic carbocycles. The predicted molar refractivity (Wildman–Crippen MR) is 206 cm³/mol. The number of anilines is 3. The van der Waals surface area contributed by atoms with Crippen molar-refractivity contribution in [3.8, 4) is 11.5 Å². The van der Waals surface area contributed by atoms with Gasteiger partial charge in [-0.1, -0.05) is 103 Å². The lowest BCUT2D eigenvalue weighted by molar-refractivity contribution is -0.131. The molecule has 0 saturated heterocycles. The smallest absolute Gasteiger partial charge is 0.308 e. The molecule has 0 bridgehead atoms. The summed E-state index contributed by atoms with van der Waals surface area (Å²) in [6.07, 6.45) is 0. The van der Waals surface area contributed by atoms with Gasteiger partial charge >= 0.3 is 5.97 Å². The first-order chi connectivity index (χ1) is 24.3. The van der Waals surface area contributed by atoms with Crippen molar-refractivity contribution in [2.45, 2.75) is 26.2 Å². The molecule has 0 heterocycles. The van der Waals surface area contributed by atoms with Gasteiger partial charge in [-0.15, -0.1) is 0 Å². The highest BCUT2D eigenvalue weighted by Crippen LogP contribution is 2.45. The summed E-state index contributed by atoms with van der Waals surface area (Å²) in [6, 6.07) is 53.7. The summed E-state index contributed by atoms with van der Waals surface area (Å²) >= 11 is 0. The normalized spacial score (nSPS) is 12.6. The molecule has 0 radical (unpaired) electrons. The van der Waals surface area contributed by atoms with Gasteiger partial charge in [0.2, 0.25) is 0 Å². The third kappa shape index (κ3) is 5.30. The number of hydrogen-bond acceptors (Lipinski definition) is 4. The van der Waals surface area contributed by atoms with Crippen LogP contribution in [-0.2, 0) is 10.2 Å². The van der Waals surface area contributed by atoms with E-state index in [0.29, 0.717) is 5.75 Å². The van der Waals surface area contributed by atoms with Crippen LogP contribution in [0.15, 0.2) is 152 Å². The minimum absolute atomic E-state index is 0.339. The van der Waals surface area contributed by atoms with Gasteiger partial charge in [0, 0.05) is 29.1 Å². The van der Waals surface area contributed by atoms with E-state index in [2.05, 4.69) is 134 Å². The molecule has 244 valence electrons. The van der Waals surface area contributed by atoms with Gasteiger partial charge in [-0.2, -0.15) is 0 Å². The Morgan fingerprint density at radius 3 is 1.60 bits per heavy atom. The number of nitrogens with zero attached hydrogens (tertiary/aromatic N) is 1. The lowest BCUT2D eigenvalue weighted by atomic mass is 9.71. The van der Waals surface area contributed by atoms with Crippen LogP contribution in [0, 0.1) is 6.92 Å². The summed E-state index contributed by atoms with van der Waals surface area (Å²) in [6.45, 7) is 5.78. The van der Waals surface area contributed by atoms with Crippen LogP contribution >= 0.6 is 0 Å². The Bertz CT molecular complexity index is 2450. The average Bonchev–Trinajstić information content (AvgIpc) is 3.15. The van der Waals surface area contributed by atoms with Gasteiger partial charge in [0.25, 0.3) is 0 Å². The van der Waals surface area contributed by atoms with Gasteiger partial charge < -0.3 is 14.4 Å². The highest BCUT2D eigenvalue weighted by Gasteiger charge is 2.32. The lowest BCUT2D eigenvalue weighted by Crippen LogP contribution is -2.25. The lowest BCUT2D eigenvalue weighted by Gasteiger charge is -2.33. The van der Waals surface area contributed by atoms with E-state index in [1.807, 2.05) is 36.4 Å². The van der Waals surface area contributed by atoms with E-state index in [1.54, 1.807) is 7.11 Å². The van der Waals surface area contributed by atoms with Crippen molar-refractivity contribution in [2.75, 3.05) is 12.0 Å². The number of rotatable bonds is 8. The summed E-state index contributed by atoms with van der Waals surface area (Å²) in [5.74, 6) is 0.989. The van der Waals surface area contributed by atoms with E-state index in [9.17, 15) is 4.79 Å². The van der Waals surface area contributed by atoms with Gasteiger partial charge in [0.05, 0.1) is 12.8 Å². The van der Waals surface area contributed by atoms with E-state index < -0.39 is 5.41 Å². The number of benzene rings is 8. The highest BCUT2D eigenvalue weighted by atomic mass is 16.5. The standard InChI is InChI=1S/C46H37NO3/c1-30-8-20-38(21-9-30)47(43-29-13-34-11-10-32-6-5-7-33-12-28-42(43)45(34)44(32)33)39-22-14-35(15-23-39)46(3,36-16-24-40(49-4)25-17-36)37-18-26-41(27-19-37)50-31(2)48/h5-29H,1-4H3. The summed E-state index contributed by atoms with van der Waals surface area (Å²) in [7, 11) is 1.68. The molecule has 8 rings (SSSR count). The Balaban J connectivity index is 1.29. The average molecular weight is 652 g/mol. The summed E-state index contributed by atoms with van der Waals surface area (Å²) in [5.41, 5.74) is 7.32.